The second-order valence-corrected chi connectivity index (χ2v) is 5.10. The van der Waals surface area contributed by atoms with Crippen LogP contribution < -0.4 is 10.6 Å². The lowest BCUT2D eigenvalue weighted by molar-refractivity contribution is 0.573. The van der Waals surface area contributed by atoms with E-state index in [0.717, 1.165) is 30.5 Å². The highest BCUT2D eigenvalue weighted by Crippen LogP contribution is 2.08. The van der Waals surface area contributed by atoms with E-state index >= 15 is 0 Å². The summed E-state index contributed by atoms with van der Waals surface area (Å²) in [7, 11) is 1.78. The van der Waals surface area contributed by atoms with Crippen LogP contribution in [-0.4, -0.2) is 19.6 Å². The third kappa shape index (κ3) is 8.31. The number of benzene rings is 1. The average Bonchev–Trinajstić information content (AvgIpc) is 2.35. The zero-order valence-electron chi connectivity index (χ0n) is 11.7. The Morgan fingerprint density at radius 1 is 1.21 bits per heavy atom. The molecule has 0 aliphatic rings. The average molecular weight is 396 g/mol. The van der Waals surface area contributed by atoms with Gasteiger partial charge in [-0.25, -0.2) is 0 Å². The second kappa shape index (κ2) is 10.3. The molecule has 5 heteroatoms. The standard InChI is InChI=1S/C14H22ClN3.HI/c1-11(2)8-9-17-14(16-3)18-10-12-4-6-13(15)7-5-12;/h4-7,11H,8-10H2,1-3H3,(H2,16,17,18);1H. The van der Waals surface area contributed by atoms with Gasteiger partial charge in [-0.1, -0.05) is 37.6 Å². The summed E-state index contributed by atoms with van der Waals surface area (Å²) >= 11 is 5.84. The lowest BCUT2D eigenvalue weighted by Gasteiger charge is -2.12. The molecule has 3 nitrogen and oxygen atoms in total. The molecular formula is C14H23ClIN3. The Labute approximate surface area is 138 Å². The van der Waals surface area contributed by atoms with Crippen molar-refractivity contribution in [2.75, 3.05) is 13.6 Å². The third-order valence-corrected chi connectivity index (χ3v) is 2.86. The predicted molar refractivity (Wildman–Crippen MR) is 94.5 cm³/mol. The van der Waals surface area contributed by atoms with E-state index in [1.54, 1.807) is 7.05 Å². The summed E-state index contributed by atoms with van der Waals surface area (Å²) in [6, 6.07) is 7.81. The van der Waals surface area contributed by atoms with Crippen molar-refractivity contribution >= 4 is 41.5 Å². The molecule has 0 aromatic heterocycles. The first kappa shape index (κ1) is 18.5. The Bertz CT molecular complexity index is 377. The fraction of sp³-hybridized carbons (Fsp3) is 0.500. The molecule has 1 aromatic rings. The van der Waals surface area contributed by atoms with E-state index in [2.05, 4.69) is 29.5 Å². The van der Waals surface area contributed by atoms with Crippen LogP contribution in [0.4, 0.5) is 0 Å². The van der Waals surface area contributed by atoms with Crippen LogP contribution in [0, 0.1) is 5.92 Å². The molecule has 0 bridgehead atoms. The van der Waals surface area contributed by atoms with Gasteiger partial charge in [-0.3, -0.25) is 4.99 Å². The number of halogens is 2. The smallest absolute Gasteiger partial charge is 0.191 e. The Hall–Kier alpha value is -0.490. The van der Waals surface area contributed by atoms with Crippen molar-refractivity contribution in [3.63, 3.8) is 0 Å². The van der Waals surface area contributed by atoms with E-state index in [9.17, 15) is 0 Å². The first-order valence-corrected chi connectivity index (χ1v) is 6.68. The molecule has 0 unspecified atom stereocenters. The maximum Gasteiger partial charge on any atom is 0.191 e. The second-order valence-electron chi connectivity index (χ2n) is 4.66. The first-order chi connectivity index (χ1) is 8.61. The van der Waals surface area contributed by atoms with Crippen molar-refractivity contribution in [2.45, 2.75) is 26.8 Å². The molecule has 19 heavy (non-hydrogen) atoms. The minimum atomic E-state index is 0. The van der Waals surface area contributed by atoms with Crippen LogP contribution in [0.5, 0.6) is 0 Å². The topological polar surface area (TPSA) is 36.4 Å². The van der Waals surface area contributed by atoms with Gasteiger partial charge in [0.15, 0.2) is 5.96 Å². The van der Waals surface area contributed by atoms with Crippen LogP contribution in [0.1, 0.15) is 25.8 Å². The fourth-order valence-electron chi connectivity index (χ4n) is 1.49. The molecular weight excluding hydrogens is 373 g/mol. The summed E-state index contributed by atoms with van der Waals surface area (Å²) in [6.07, 6.45) is 1.14. The molecule has 0 heterocycles. The molecule has 0 spiro atoms. The molecule has 0 atom stereocenters. The van der Waals surface area contributed by atoms with Crippen molar-refractivity contribution in [1.29, 1.82) is 0 Å². The number of hydrogen-bond acceptors (Lipinski definition) is 1. The normalized spacial score (nSPS) is 11.1. The zero-order chi connectivity index (χ0) is 13.4. The van der Waals surface area contributed by atoms with Crippen molar-refractivity contribution in [2.24, 2.45) is 10.9 Å². The van der Waals surface area contributed by atoms with Crippen molar-refractivity contribution < 1.29 is 0 Å². The number of aliphatic imine (C=N–C) groups is 1. The number of hydrogen-bond donors (Lipinski definition) is 2. The number of nitrogens with one attached hydrogen (secondary N) is 2. The van der Waals surface area contributed by atoms with Crippen LogP contribution in [0.15, 0.2) is 29.3 Å². The van der Waals surface area contributed by atoms with Crippen LogP contribution in [0.2, 0.25) is 5.02 Å². The SMILES string of the molecule is CN=C(NCCC(C)C)NCc1ccc(Cl)cc1.I. The number of guanidine groups is 1. The largest absolute Gasteiger partial charge is 0.356 e. The number of nitrogens with zero attached hydrogens (tertiary/aromatic N) is 1. The highest BCUT2D eigenvalue weighted by atomic mass is 127. The molecule has 0 aliphatic heterocycles. The van der Waals surface area contributed by atoms with Gasteiger partial charge in [0.1, 0.15) is 0 Å². The van der Waals surface area contributed by atoms with Crippen molar-refractivity contribution in [3.05, 3.63) is 34.9 Å². The van der Waals surface area contributed by atoms with E-state index in [1.165, 1.54) is 5.56 Å². The number of rotatable bonds is 5. The first-order valence-electron chi connectivity index (χ1n) is 6.30. The molecule has 0 saturated carbocycles. The van der Waals surface area contributed by atoms with Gasteiger partial charge in [-0.05, 0) is 30.0 Å². The van der Waals surface area contributed by atoms with Crippen molar-refractivity contribution in [3.8, 4) is 0 Å². The summed E-state index contributed by atoms with van der Waals surface area (Å²) in [5.74, 6) is 1.54. The minimum Gasteiger partial charge on any atom is -0.356 e. The molecule has 2 N–H and O–H groups in total. The molecule has 108 valence electrons. The Morgan fingerprint density at radius 3 is 2.37 bits per heavy atom. The van der Waals surface area contributed by atoms with Crippen LogP contribution in [0.25, 0.3) is 0 Å². The molecule has 0 saturated heterocycles. The lowest BCUT2D eigenvalue weighted by Crippen LogP contribution is -2.37. The Kier molecular flexibility index (Phi) is 10.0. The molecule has 0 radical (unpaired) electrons. The zero-order valence-corrected chi connectivity index (χ0v) is 14.8. The maximum atomic E-state index is 5.84. The monoisotopic (exact) mass is 395 g/mol. The van der Waals surface area contributed by atoms with Gasteiger partial charge in [0, 0.05) is 25.2 Å². The van der Waals surface area contributed by atoms with Crippen molar-refractivity contribution in [1.82, 2.24) is 10.6 Å². The van der Waals surface area contributed by atoms with Crippen LogP contribution in [-0.2, 0) is 6.54 Å². The summed E-state index contributed by atoms with van der Waals surface area (Å²) in [6.45, 7) is 6.12. The van der Waals surface area contributed by atoms with Crippen LogP contribution in [0.3, 0.4) is 0 Å². The van der Waals surface area contributed by atoms with Gasteiger partial charge >= 0.3 is 0 Å². The van der Waals surface area contributed by atoms with E-state index < -0.39 is 0 Å². The third-order valence-electron chi connectivity index (χ3n) is 2.61. The summed E-state index contributed by atoms with van der Waals surface area (Å²) in [5.41, 5.74) is 1.19. The molecule has 1 aromatic carbocycles. The van der Waals surface area contributed by atoms with Crippen LogP contribution >= 0.6 is 35.6 Å². The summed E-state index contributed by atoms with van der Waals surface area (Å²) in [4.78, 5) is 4.19. The van der Waals surface area contributed by atoms with Gasteiger partial charge in [0.25, 0.3) is 0 Å². The van der Waals surface area contributed by atoms with E-state index in [0.29, 0.717) is 5.92 Å². The van der Waals surface area contributed by atoms with Gasteiger partial charge < -0.3 is 10.6 Å². The summed E-state index contributed by atoms with van der Waals surface area (Å²) < 4.78 is 0. The predicted octanol–water partition coefficient (Wildman–Crippen LogP) is 3.67. The highest BCUT2D eigenvalue weighted by Gasteiger charge is 1.99. The van der Waals surface area contributed by atoms with Gasteiger partial charge in [0.2, 0.25) is 0 Å². The summed E-state index contributed by atoms with van der Waals surface area (Å²) in [5, 5.41) is 7.33. The van der Waals surface area contributed by atoms with E-state index in [4.69, 9.17) is 11.6 Å². The molecule has 0 amide bonds. The van der Waals surface area contributed by atoms with E-state index in [1.807, 2.05) is 24.3 Å². The van der Waals surface area contributed by atoms with Gasteiger partial charge in [-0.2, -0.15) is 0 Å². The minimum absolute atomic E-state index is 0. The Balaban J connectivity index is 0.00000324. The highest BCUT2D eigenvalue weighted by molar-refractivity contribution is 14.0. The van der Waals surface area contributed by atoms with E-state index in [-0.39, 0.29) is 24.0 Å². The molecule has 1 rings (SSSR count). The quantitative estimate of drug-likeness (QED) is 0.453. The molecule has 0 aliphatic carbocycles. The van der Waals surface area contributed by atoms with Gasteiger partial charge in [-0.15, -0.1) is 24.0 Å². The molecule has 0 fully saturated rings. The Morgan fingerprint density at radius 2 is 1.84 bits per heavy atom. The fourth-order valence-corrected chi connectivity index (χ4v) is 1.61. The maximum absolute atomic E-state index is 5.84. The van der Waals surface area contributed by atoms with Gasteiger partial charge in [0.05, 0.1) is 0 Å². The lowest BCUT2D eigenvalue weighted by atomic mass is 10.1.